The average molecular weight is 278 g/mol. The highest BCUT2D eigenvalue weighted by molar-refractivity contribution is 14.1. The third kappa shape index (κ3) is 1.65. The van der Waals surface area contributed by atoms with Crippen LogP contribution in [0.5, 0.6) is 0 Å². The van der Waals surface area contributed by atoms with Gasteiger partial charge in [-0.2, -0.15) is 5.10 Å². The lowest BCUT2D eigenvalue weighted by Gasteiger charge is -2.18. The van der Waals surface area contributed by atoms with Crippen LogP contribution in [0.1, 0.15) is 32.0 Å². The minimum Gasteiger partial charge on any atom is -0.272 e. The lowest BCUT2D eigenvalue weighted by atomic mass is 9.88. The van der Waals surface area contributed by atoms with Crippen molar-refractivity contribution in [2.24, 2.45) is 7.05 Å². The first-order valence-corrected chi connectivity index (χ1v) is 5.11. The molecule has 0 radical (unpaired) electrons. The first-order chi connectivity index (χ1) is 5.34. The van der Waals surface area contributed by atoms with Crippen molar-refractivity contribution in [2.45, 2.75) is 33.1 Å². The van der Waals surface area contributed by atoms with Crippen LogP contribution >= 0.6 is 22.6 Å². The van der Waals surface area contributed by atoms with E-state index in [-0.39, 0.29) is 5.41 Å². The SMILES string of the molecule is Cc1c(C(C)(C)C)c(I)nn1C. The van der Waals surface area contributed by atoms with Crippen LogP contribution in [-0.2, 0) is 12.5 Å². The van der Waals surface area contributed by atoms with Crippen LogP contribution < -0.4 is 0 Å². The summed E-state index contributed by atoms with van der Waals surface area (Å²) < 4.78 is 3.07. The van der Waals surface area contributed by atoms with Gasteiger partial charge in [-0.05, 0) is 34.9 Å². The molecule has 0 saturated heterocycles. The topological polar surface area (TPSA) is 17.8 Å². The number of aromatic nitrogens is 2. The van der Waals surface area contributed by atoms with Gasteiger partial charge >= 0.3 is 0 Å². The zero-order chi connectivity index (χ0) is 9.52. The number of halogens is 1. The van der Waals surface area contributed by atoms with E-state index in [4.69, 9.17) is 0 Å². The summed E-state index contributed by atoms with van der Waals surface area (Å²) in [5.41, 5.74) is 2.84. The van der Waals surface area contributed by atoms with Crippen LogP contribution in [0, 0.1) is 10.6 Å². The lowest BCUT2D eigenvalue weighted by molar-refractivity contribution is 0.580. The second kappa shape index (κ2) is 3.01. The van der Waals surface area contributed by atoms with Gasteiger partial charge in [-0.3, -0.25) is 4.68 Å². The van der Waals surface area contributed by atoms with Gasteiger partial charge in [-0.15, -0.1) is 0 Å². The molecule has 0 spiro atoms. The van der Waals surface area contributed by atoms with E-state index < -0.39 is 0 Å². The van der Waals surface area contributed by atoms with Crippen molar-refractivity contribution in [3.8, 4) is 0 Å². The van der Waals surface area contributed by atoms with Crippen molar-refractivity contribution in [3.63, 3.8) is 0 Å². The first kappa shape index (κ1) is 10.0. The Morgan fingerprint density at radius 1 is 1.33 bits per heavy atom. The van der Waals surface area contributed by atoms with Gasteiger partial charge in [-0.1, -0.05) is 20.8 Å². The molecule has 0 bridgehead atoms. The van der Waals surface area contributed by atoms with Gasteiger partial charge < -0.3 is 0 Å². The molecule has 0 aliphatic carbocycles. The summed E-state index contributed by atoms with van der Waals surface area (Å²) in [4.78, 5) is 0. The van der Waals surface area contributed by atoms with Crippen LogP contribution in [0.2, 0.25) is 0 Å². The van der Waals surface area contributed by atoms with Crippen molar-refractivity contribution < 1.29 is 0 Å². The quantitative estimate of drug-likeness (QED) is 0.667. The minimum atomic E-state index is 0.203. The van der Waals surface area contributed by atoms with E-state index in [0.717, 1.165) is 3.70 Å². The van der Waals surface area contributed by atoms with Crippen LogP contribution in [0.4, 0.5) is 0 Å². The number of hydrogen-bond donors (Lipinski definition) is 0. The molecule has 0 amide bonds. The van der Waals surface area contributed by atoms with Crippen molar-refractivity contribution in [2.75, 3.05) is 0 Å². The molecule has 0 aromatic carbocycles. The monoisotopic (exact) mass is 278 g/mol. The highest BCUT2D eigenvalue weighted by Gasteiger charge is 2.22. The van der Waals surface area contributed by atoms with Crippen molar-refractivity contribution >= 4 is 22.6 Å². The highest BCUT2D eigenvalue weighted by Crippen LogP contribution is 2.29. The van der Waals surface area contributed by atoms with Crippen LogP contribution in [0.25, 0.3) is 0 Å². The smallest absolute Gasteiger partial charge is 0.127 e. The normalized spacial score (nSPS) is 12.2. The number of aryl methyl sites for hydroxylation is 1. The molecule has 1 aromatic heterocycles. The fraction of sp³-hybridized carbons (Fsp3) is 0.667. The highest BCUT2D eigenvalue weighted by atomic mass is 127. The zero-order valence-electron chi connectivity index (χ0n) is 8.27. The third-order valence-electron chi connectivity index (χ3n) is 2.04. The molecule has 0 aliphatic rings. The van der Waals surface area contributed by atoms with Crippen LogP contribution in [0.3, 0.4) is 0 Å². The van der Waals surface area contributed by atoms with Crippen LogP contribution in [-0.4, -0.2) is 9.78 Å². The Hall–Kier alpha value is -0.0600. The summed E-state index contributed by atoms with van der Waals surface area (Å²) in [6, 6.07) is 0. The maximum atomic E-state index is 4.38. The van der Waals surface area contributed by atoms with Gasteiger partial charge in [0.15, 0.2) is 0 Å². The molecule has 2 nitrogen and oxygen atoms in total. The fourth-order valence-corrected chi connectivity index (χ4v) is 2.94. The minimum absolute atomic E-state index is 0.203. The maximum absolute atomic E-state index is 4.38. The molecular formula is C9H15IN2. The molecule has 68 valence electrons. The van der Waals surface area contributed by atoms with Gasteiger partial charge in [0, 0.05) is 18.3 Å². The fourth-order valence-electron chi connectivity index (χ4n) is 1.42. The lowest BCUT2D eigenvalue weighted by Crippen LogP contribution is -2.13. The zero-order valence-corrected chi connectivity index (χ0v) is 10.4. The van der Waals surface area contributed by atoms with E-state index in [1.165, 1.54) is 11.3 Å². The molecule has 0 fully saturated rings. The predicted octanol–water partition coefficient (Wildman–Crippen LogP) is 2.63. The van der Waals surface area contributed by atoms with Crippen LogP contribution in [0.15, 0.2) is 0 Å². The van der Waals surface area contributed by atoms with Crippen molar-refractivity contribution in [1.82, 2.24) is 9.78 Å². The summed E-state index contributed by atoms with van der Waals surface area (Å²) in [5, 5.41) is 4.38. The second-order valence-electron chi connectivity index (χ2n) is 4.12. The van der Waals surface area contributed by atoms with E-state index >= 15 is 0 Å². The van der Waals surface area contributed by atoms with Crippen molar-refractivity contribution in [1.29, 1.82) is 0 Å². The van der Waals surface area contributed by atoms with Gasteiger partial charge in [0.1, 0.15) is 3.70 Å². The summed E-state index contributed by atoms with van der Waals surface area (Å²) in [6.45, 7) is 8.78. The Bertz CT molecular complexity index is 294. The Balaban J connectivity index is 3.32. The molecule has 3 heteroatoms. The largest absolute Gasteiger partial charge is 0.272 e. The molecule has 0 unspecified atom stereocenters. The molecule has 0 atom stereocenters. The summed E-state index contributed by atoms with van der Waals surface area (Å²) in [5.74, 6) is 0. The Labute approximate surface area is 87.5 Å². The molecule has 1 heterocycles. The number of nitrogens with zero attached hydrogens (tertiary/aromatic N) is 2. The van der Waals surface area contributed by atoms with E-state index in [1.54, 1.807) is 0 Å². The first-order valence-electron chi connectivity index (χ1n) is 4.03. The summed E-state index contributed by atoms with van der Waals surface area (Å²) in [7, 11) is 1.99. The van der Waals surface area contributed by atoms with Gasteiger partial charge in [0.2, 0.25) is 0 Å². The Morgan fingerprint density at radius 2 is 1.83 bits per heavy atom. The molecule has 12 heavy (non-hydrogen) atoms. The molecule has 0 saturated carbocycles. The predicted molar refractivity (Wildman–Crippen MR) is 59.4 cm³/mol. The van der Waals surface area contributed by atoms with E-state index in [0.29, 0.717) is 0 Å². The Kier molecular flexibility index (Phi) is 2.52. The molecule has 1 rings (SSSR count). The maximum Gasteiger partial charge on any atom is 0.127 e. The molecule has 1 aromatic rings. The van der Waals surface area contributed by atoms with Gasteiger partial charge in [0.25, 0.3) is 0 Å². The third-order valence-corrected chi connectivity index (χ3v) is 2.80. The molecular weight excluding hydrogens is 263 g/mol. The van der Waals surface area contributed by atoms with Gasteiger partial charge in [0.05, 0.1) is 0 Å². The Morgan fingerprint density at radius 3 is 2.00 bits per heavy atom. The number of rotatable bonds is 0. The van der Waals surface area contributed by atoms with E-state index in [2.05, 4.69) is 55.4 Å². The van der Waals surface area contributed by atoms with Crippen molar-refractivity contribution in [3.05, 3.63) is 15.0 Å². The number of hydrogen-bond acceptors (Lipinski definition) is 1. The molecule has 0 aliphatic heterocycles. The standard InChI is InChI=1S/C9H15IN2/c1-6-7(9(2,3)4)8(10)11-12(6)5/h1-5H3. The van der Waals surface area contributed by atoms with E-state index in [9.17, 15) is 0 Å². The summed E-state index contributed by atoms with van der Waals surface area (Å²) >= 11 is 2.30. The van der Waals surface area contributed by atoms with Gasteiger partial charge in [-0.25, -0.2) is 0 Å². The molecule has 0 N–H and O–H groups in total. The van der Waals surface area contributed by atoms with E-state index in [1.807, 2.05) is 11.7 Å². The summed E-state index contributed by atoms with van der Waals surface area (Å²) in [6.07, 6.45) is 0. The average Bonchev–Trinajstić information content (AvgIpc) is 2.05. The second-order valence-corrected chi connectivity index (χ2v) is 5.15.